The zero-order chi connectivity index (χ0) is 20.3. The number of aryl methyl sites for hydroxylation is 1. The Bertz CT molecular complexity index is 923. The Morgan fingerprint density at radius 3 is 2.43 bits per heavy atom. The van der Waals surface area contributed by atoms with Crippen LogP contribution in [0.15, 0.2) is 40.2 Å². The summed E-state index contributed by atoms with van der Waals surface area (Å²) in [6, 6.07) is 8.25. The molecule has 1 aromatic heterocycles. The van der Waals surface area contributed by atoms with Crippen LogP contribution in [0.5, 0.6) is 0 Å². The average Bonchev–Trinajstić information content (AvgIpc) is 2.97. The van der Waals surface area contributed by atoms with Crippen molar-refractivity contribution in [3.05, 3.63) is 51.9 Å². The summed E-state index contributed by atoms with van der Waals surface area (Å²) in [6.45, 7) is 1.36. The monoisotopic (exact) mass is 394 g/mol. The number of amides is 1. The molecule has 2 aromatic rings. The number of aromatic nitrogens is 2. The third-order valence-corrected chi connectivity index (χ3v) is 4.85. The number of benzene rings is 1. The van der Waals surface area contributed by atoms with E-state index in [1.807, 2.05) is 5.43 Å². The highest BCUT2D eigenvalue weighted by Crippen LogP contribution is 2.25. The van der Waals surface area contributed by atoms with E-state index in [2.05, 4.69) is 10.2 Å². The minimum Gasteiger partial charge on any atom is -0.295 e. The predicted octanol–water partition coefficient (Wildman–Crippen LogP) is 3.44. The van der Waals surface area contributed by atoms with Gasteiger partial charge in [0.1, 0.15) is 0 Å². The Labute approximate surface area is 159 Å². The summed E-state index contributed by atoms with van der Waals surface area (Å²) in [5.41, 5.74) is -0.469. The first kappa shape index (κ1) is 19.9. The number of carbonyl (C=O) groups is 1. The first-order chi connectivity index (χ1) is 13.3. The zero-order valence-corrected chi connectivity index (χ0v) is 15.3. The molecule has 1 aliphatic carbocycles. The molecule has 0 atom stereocenters. The Balaban J connectivity index is 1.96. The summed E-state index contributed by atoms with van der Waals surface area (Å²) in [5.74, 6) is -0.890. The van der Waals surface area contributed by atoms with Crippen LogP contribution in [-0.2, 0) is 4.79 Å². The lowest BCUT2D eigenvalue weighted by Gasteiger charge is -2.19. The van der Waals surface area contributed by atoms with Crippen LogP contribution < -0.4 is 11.0 Å². The van der Waals surface area contributed by atoms with Gasteiger partial charge < -0.3 is 0 Å². The van der Waals surface area contributed by atoms with Gasteiger partial charge in [0.05, 0.1) is 11.3 Å². The third kappa shape index (κ3) is 4.18. The van der Waals surface area contributed by atoms with E-state index in [0.717, 1.165) is 23.9 Å². The molecule has 6 nitrogen and oxygen atoms in total. The van der Waals surface area contributed by atoms with Crippen molar-refractivity contribution >= 4 is 11.6 Å². The van der Waals surface area contributed by atoms with Crippen molar-refractivity contribution in [3.8, 4) is 5.69 Å². The van der Waals surface area contributed by atoms with Crippen molar-refractivity contribution in [2.24, 2.45) is 11.0 Å². The molecule has 0 radical (unpaired) electrons. The number of halogens is 3. The zero-order valence-electron chi connectivity index (χ0n) is 15.3. The number of para-hydroxylation sites is 1. The van der Waals surface area contributed by atoms with Crippen LogP contribution in [0.3, 0.4) is 0 Å². The molecule has 0 unspecified atom stereocenters. The number of hydrazone groups is 1. The Morgan fingerprint density at radius 2 is 1.82 bits per heavy atom. The summed E-state index contributed by atoms with van der Waals surface area (Å²) in [4.78, 5) is 24.8. The lowest BCUT2D eigenvalue weighted by molar-refractivity contribution is -0.125. The summed E-state index contributed by atoms with van der Waals surface area (Å²) >= 11 is 0. The summed E-state index contributed by atoms with van der Waals surface area (Å²) < 4.78 is 41.9. The predicted molar refractivity (Wildman–Crippen MR) is 98.4 cm³/mol. The number of aromatic amines is 1. The summed E-state index contributed by atoms with van der Waals surface area (Å²) in [6.07, 6.45) is -0.887. The third-order valence-electron chi connectivity index (χ3n) is 4.85. The van der Waals surface area contributed by atoms with Crippen molar-refractivity contribution < 1.29 is 18.0 Å². The molecule has 150 valence electrons. The first-order valence-electron chi connectivity index (χ1n) is 9.11. The number of rotatable bonds is 4. The van der Waals surface area contributed by atoms with Crippen LogP contribution in [0.25, 0.3) is 5.69 Å². The summed E-state index contributed by atoms with van der Waals surface area (Å²) in [5, 5.41) is 5.97. The second kappa shape index (κ2) is 8.04. The molecule has 28 heavy (non-hydrogen) atoms. The maximum atomic E-state index is 13.6. The van der Waals surface area contributed by atoms with Crippen molar-refractivity contribution in [3.63, 3.8) is 0 Å². The van der Waals surface area contributed by atoms with E-state index in [0.29, 0.717) is 18.5 Å². The van der Waals surface area contributed by atoms with Gasteiger partial charge in [-0.15, -0.1) is 0 Å². The number of carbonyl (C=O) groups excluding carboxylic acids is 1. The minimum atomic E-state index is -4.90. The highest BCUT2D eigenvalue weighted by Gasteiger charge is 2.41. The van der Waals surface area contributed by atoms with Crippen molar-refractivity contribution in [2.75, 3.05) is 0 Å². The van der Waals surface area contributed by atoms with Gasteiger partial charge >= 0.3 is 6.18 Å². The number of hydrogen-bond acceptors (Lipinski definition) is 3. The highest BCUT2D eigenvalue weighted by molar-refractivity contribution is 6.05. The normalized spacial score (nSPS) is 16.2. The molecular weight excluding hydrogens is 373 g/mol. The van der Waals surface area contributed by atoms with E-state index in [-0.39, 0.29) is 11.6 Å². The molecule has 1 heterocycles. The van der Waals surface area contributed by atoms with Gasteiger partial charge in [-0.25, -0.2) is 10.1 Å². The van der Waals surface area contributed by atoms with E-state index in [1.54, 1.807) is 30.3 Å². The van der Waals surface area contributed by atoms with Gasteiger partial charge in [-0.1, -0.05) is 37.5 Å². The topological polar surface area (TPSA) is 79.2 Å². The molecule has 1 aliphatic rings. The van der Waals surface area contributed by atoms with Gasteiger partial charge in [0.25, 0.3) is 5.56 Å². The van der Waals surface area contributed by atoms with E-state index < -0.39 is 28.9 Å². The summed E-state index contributed by atoms with van der Waals surface area (Å²) in [7, 11) is 0. The lowest BCUT2D eigenvalue weighted by atomic mass is 9.89. The molecule has 9 heteroatoms. The molecule has 1 amide bonds. The molecule has 1 saturated carbocycles. The quantitative estimate of drug-likeness (QED) is 0.616. The first-order valence-corrected chi connectivity index (χ1v) is 9.11. The maximum absolute atomic E-state index is 13.6. The van der Waals surface area contributed by atoms with Crippen molar-refractivity contribution in [2.45, 2.75) is 45.2 Å². The SMILES string of the molecule is Cc1[nH]n(-c2ccccc2)c(=O)c1C(=NNC(=O)C1CCCCC1)C(F)(F)F. The van der Waals surface area contributed by atoms with Crippen molar-refractivity contribution in [1.29, 1.82) is 0 Å². The van der Waals surface area contributed by atoms with Crippen LogP contribution in [0.2, 0.25) is 0 Å². The molecular formula is C19H21F3N4O2. The second-order valence-electron chi connectivity index (χ2n) is 6.86. The standard InChI is InChI=1S/C19H21F3N4O2/c1-12-15(18(28)26(25-12)14-10-6-3-7-11-14)16(19(20,21)22)23-24-17(27)13-8-4-2-5-9-13/h3,6-7,10-11,13,25H,2,4-5,8-9H2,1H3,(H,24,27). The van der Waals surface area contributed by atoms with E-state index in [9.17, 15) is 22.8 Å². The van der Waals surface area contributed by atoms with E-state index >= 15 is 0 Å². The Morgan fingerprint density at radius 1 is 1.18 bits per heavy atom. The smallest absolute Gasteiger partial charge is 0.295 e. The molecule has 1 fully saturated rings. The van der Waals surface area contributed by atoms with Gasteiger partial charge in [-0.3, -0.25) is 14.7 Å². The molecule has 0 bridgehead atoms. The number of nitrogens with zero attached hydrogens (tertiary/aromatic N) is 2. The number of H-pyrrole nitrogens is 1. The van der Waals surface area contributed by atoms with Crippen LogP contribution in [0.1, 0.15) is 43.4 Å². The second-order valence-corrected chi connectivity index (χ2v) is 6.86. The number of hydrogen-bond donors (Lipinski definition) is 2. The van der Waals surface area contributed by atoms with Crippen LogP contribution in [0, 0.1) is 12.8 Å². The molecule has 0 saturated heterocycles. The van der Waals surface area contributed by atoms with Gasteiger partial charge in [0, 0.05) is 11.6 Å². The van der Waals surface area contributed by atoms with Crippen LogP contribution >= 0.6 is 0 Å². The Kier molecular flexibility index (Phi) is 5.71. The fourth-order valence-electron chi connectivity index (χ4n) is 3.41. The molecule has 0 aliphatic heterocycles. The highest BCUT2D eigenvalue weighted by atomic mass is 19.4. The lowest BCUT2D eigenvalue weighted by Crippen LogP contribution is -2.35. The molecule has 0 spiro atoms. The van der Waals surface area contributed by atoms with Gasteiger partial charge in [0.15, 0.2) is 5.71 Å². The van der Waals surface area contributed by atoms with Gasteiger partial charge in [-0.2, -0.15) is 18.3 Å². The fourth-order valence-corrected chi connectivity index (χ4v) is 3.41. The van der Waals surface area contributed by atoms with E-state index in [4.69, 9.17) is 0 Å². The maximum Gasteiger partial charge on any atom is 0.435 e. The largest absolute Gasteiger partial charge is 0.435 e. The minimum absolute atomic E-state index is 0.0110. The molecule has 1 aromatic carbocycles. The fraction of sp³-hybridized carbons (Fsp3) is 0.421. The van der Waals surface area contributed by atoms with Gasteiger partial charge in [0.2, 0.25) is 5.91 Å². The molecule has 3 rings (SSSR count). The van der Waals surface area contributed by atoms with E-state index in [1.165, 1.54) is 6.92 Å². The van der Waals surface area contributed by atoms with Gasteiger partial charge in [-0.05, 0) is 31.9 Å². The number of alkyl halides is 3. The Hall–Kier alpha value is -2.84. The number of nitrogens with one attached hydrogen (secondary N) is 2. The van der Waals surface area contributed by atoms with Crippen LogP contribution in [-0.4, -0.2) is 27.6 Å². The average molecular weight is 394 g/mol. The van der Waals surface area contributed by atoms with Crippen LogP contribution in [0.4, 0.5) is 13.2 Å². The van der Waals surface area contributed by atoms with Crippen molar-refractivity contribution in [1.82, 2.24) is 15.2 Å². The molecule has 2 N–H and O–H groups in total.